The van der Waals surface area contributed by atoms with E-state index < -0.39 is 18.5 Å². The monoisotopic (exact) mass is 636 g/mol. The van der Waals surface area contributed by atoms with E-state index in [1.165, 1.54) is 42.5 Å². The summed E-state index contributed by atoms with van der Waals surface area (Å²) in [6.45, 7) is 0.983. The molecular formula is C27H29N2O14P. The van der Waals surface area contributed by atoms with Gasteiger partial charge in [-0.1, -0.05) is 0 Å². The van der Waals surface area contributed by atoms with Crippen LogP contribution in [0, 0.1) is 10.1 Å². The van der Waals surface area contributed by atoms with Crippen LogP contribution in [0.1, 0.15) is 10.4 Å². The quantitative estimate of drug-likeness (QED) is 0.0480. The second-order valence-electron chi connectivity index (χ2n) is 8.79. The standard InChI is InChI=1S/C27H29N2O14P/c30-27(37-12-11-35-9-10-36-15-16-44(34)39-14-13-38-43-44)20-17-25(40-23-5-1-21(2-6-23)28-42-33)19-26(18-20)41-24-7-3-22(4-8-24)29(31)32/h1-8,17-19,28,33H,9-16H2. The lowest BCUT2D eigenvalue weighted by atomic mass is 10.2. The first-order valence-electron chi connectivity index (χ1n) is 13.1. The molecule has 3 aromatic carbocycles. The third-order valence-electron chi connectivity index (χ3n) is 5.62. The molecule has 0 radical (unpaired) electrons. The fraction of sp³-hybridized carbons (Fsp3) is 0.296. The zero-order chi connectivity index (χ0) is 31.2. The van der Waals surface area contributed by atoms with E-state index in [9.17, 15) is 19.5 Å². The van der Waals surface area contributed by atoms with Crippen molar-refractivity contribution in [3.8, 4) is 23.0 Å². The maximum Gasteiger partial charge on any atom is 0.360 e. The molecule has 44 heavy (non-hydrogen) atoms. The highest BCUT2D eigenvalue weighted by Gasteiger charge is 2.29. The molecule has 0 aliphatic carbocycles. The molecule has 0 amide bonds. The molecular weight excluding hydrogens is 607 g/mol. The number of nitrogens with zero attached hydrogens (tertiary/aromatic N) is 1. The Balaban J connectivity index is 1.30. The van der Waals surface area contributed by atoms with Crippen molar-refractivity contribution >= 4 is 24.9 Å². The van der Waals surface area contributed by atoms with Gasteiger partial charge in [0.25, 0.3) is 5.69 Å². The van der Waals surface area contributed by atoms with Crippen LogP contribution in [0.4, 0.5) is 11.4 Å². The molecule has 1 fully saturated rings. The molecule has 0 bridgehead atoms. The van der Waals surface area contributed by atoms with Crippen molar-refractivity contribution in [2.75, 3.05) is 57.9 Å². The number of benzene rings is 3. The summed E-state index contributed by atoms with van der Waals surface area (Å²) in [5, 5.41) is 19.5. The van der Waals surface area contributed by atoms with Crippen LogP contribution in [0.5, 0.6) is 23.0 Å². The van der Waals surface area contributed by atoms with Crippen LogP contribution in [0.3, 0.4) is 0 Å². The van der Waals surface area contributed by atoms with E-state index in [1.54, 1.807) is 24.3 Å². The number of hydrogen-bond acceptors (Lipinski definition) is 15. The minimum Gasteiger partial charge on any atom is -0.460 e. The van der Waals surface area contributed by atoms with Gasteiger partial charge in [-0.2, -0.15) is 0 Å². The highest BCUT2D eigenvalue weighted by molar-refractivity contribution is 7.53. The van der Waals surface area contributed by atoms with E-state index in [0.717, 1.165) is 0 Å². The first-order chi connectivity index (χ1) is 21.3. The van der Waals surface area contributed by atoms with Crippen molar-refractivity contribution in [2.45, 2.75) is 0 Å². The summed E-state index contributed by atoms with van der Waals surface area (Å²) < 4.78 is 49.7. The van der Waals surface area contributed by atoms with Gasteiger partial charge in [0.05, 0.1) is 55.4 Å². The number of non-ortho nitro benzene ring substituents is 1. The molecule has 16 nitrogen and oxygen atoms in total. The van der Waals surface area contributed by atoms with Crippen molar-refractivity contribution in [2.24, 2.45) is 0 Å². The number of anilines is 1. The minimum atomic E-state index is -3.28. The Kier molecular flexibility index (Phi) is 12.4. The average Bonchev–Trinajstić information content (AvgIpc) is 3.01. The van der Waals surface area contributed by atoms with Gasteiger partial charge in [0.1, 0.15) is 36.2 Å². The molecule has 17 heteroatoms. The van der Waals surface area contributed by atoms with E-state index >= 15 is 0 Å². The van der Waals surface area contributed by atoms with Gasteiger partial charge in [-0.05, 0) is 48.5 Å². The number of esters is 1. The Bertz CT molecular complexity index is 1410. The summed E-state index contributed by atoms with van der Waals surface area (Å²) in [4.78, 5) is 31.8. The average molecular weight is 637 g/mol. The fourth-order valence-electron chi connectivity index (χ4n) is 3.59. The Labute approximate surface area is 250 Å². The minimum absolute atomic E-state index is 0.0461. The number of ether oxygens (including phenoxy) is 5. The Hall–Kier alpha value is -4.12. The van der Waals surface area contributed by atoms with Crippen LogP contribution >= 0.6 is 7.60 Å². The summed E-state index contributed by atoms with van der Waals surface area (Å²) >= 11 is 0. The molecule has 2 N–H and O–H groups in total. The van der Waals surface area contributed by atoms with E-state index in [4.69, 9.17) is 43.0 Å². The molecule has 3 aromatic rings. The van der Waals surface area contributed by atoms with Crippen LogP contribution < -0.4 is 15.0 Å². The number of nitro benzene ring substituents is 1. The lowest BCUT2D eigenvalue weighted by molar-refractivity contribution is -0.384. The fourth-order valence-corrected chi connectivity index (χ4v) is 4.77. The van der Waals surface area contributed by atoms with Gasteiger partial charge in [-0.25, -0.2) is 20.4 Å². The number of carbonyl (C=O) groups is 1. The highest BCUT2D eigenvalue weighted by atomic mass is 31.2. The Morgan fingerprint density at radius 1 is 0.864 bits per heavy atom. The zero-order valence-electron chi connectivity index (χ0n) is 23.2. The number of hydrogen-bond donors (Lipinski definition) is 2. The predicted molar refractivity (Wildman–Crippen MR) is 151 cm³/mol. The van der Waals surface area contributed by atoms with E-state index in [0.29, 0.717) is 17.2 Å². The van der Waals surface area contributed by atoms with Crippen LogP contribution in [0.2, 0.25) is 0 Å². The van der Waals surface area contributed by atoms with Crippen LogP contribution in [-0.4, -0.2) is 68.6 Å². The topological polar surface area (TPSA) is 193 Å². The SMILES string of the molecule is O=C(OCCOCCOCCP1(=O)OCCOO1)c1cc(Oc2ccc(NOO)cc2)cc(Oc2ccc([N+](=O)[O-])cc2)c1. The molecule has 1 saturated heterocycles. The first kappa shape index (κ1) is 32.8. The van der Waals surface area contributed by atoms with Gasteiger partial charge < -0.3 is 28.2 Å². The van der Waals surface area contributed by atoms with E-state index in [1.807, 2.05) is 0 Å². The van der Waals surface area contributed by atoms with E-state index in [2.05, 4.69) is 10.5 Å². The zero-order valence-corrected chi connectivity index (χ0v) is 24.1. The summed E-state index contributed by atoms with van der Waals surface area (Å²) in [7, 11) is -3.28. The number of nitro groups is 1. The second kappa shape index (κ2) is 16.7. The summed E-state index contributed by atoms with van der Waals surface area (Å²) in [6.07, 6.45) is 0.0461. The van der Waals surface area contributed by atoms with Gasteiger partial charge in [0.2, 0.25) is 0 Å². The normalized spacial score (nSPS) is 16.2. The van der Waals surface area contributed by atoms with Crippen LogP contribution in [-0.2, 0) is 37.8 Å². The molecule has 0 aromatic heterocycles. The van der Waals surface area contributed by atoms with Crippen LogP contribution in [0.25, 0.3) is 0 Å². The number of rotatable bonds is 17. The van der Waals surface area contributed by atoms with Crippen LogP contribution in [0.15, 0.2) is 66.7 Å². The van der Waals surface area contributed by atoms with Crippen molar-refractivity contribution in [1.82, 2.24) is 0 Å². The maximum absolute atomic E-state index is 12.8. The van der Waals surface area contributed by atoms with Gasteiger partial charge >= 0.3 is 13.6 Å². The summed E-state index contributed by atoms with van der Waals surface area (Å²) in [5.74, 6) is 0.461. The molecule has 1 aliphatic heterocycles. The molecule has 1 unspecified atom stereocenters. The van der Waals surface area contributed by atoms with Gasteiger partial charge in [0.15, 0.2) is 0 Å². The number of nitrogens with one attached hydrogen (secondary N) is 1. The number of carbonyl (C=O) groups excluding carboxylic acids is 1. The third-order valence-corrected chi connectivity index (χ3v) is 7.25. The van der Waals surface area contributed by atoms with Crippen molar-refractivity contribution in [1.29, 1.82) is 0 Å². The van der Waals surface area contributed by atoms with Crippen molar-refractivity contribution in [3.05, 3.63) is 82.4 Å². The largest absolute Gasteiger partial charge is 0.460 e. The molecule has 1 heterocycles. The second-order valence-corrected chi connectivity index (χ2v) is 10.9. The smallest absolute Gasteiger partial charge is 0.360 e. The maximum atomic E-state index is 12.8. The highest BCUT2D eigenvalue weighted by Crippen LogP contribution is 2.49. The predicted octanol–water partition coefficient (Wildman–Crippen LogP) is 5.36. The first-order valence-corrected chi connectivity index (χ1v) is 14.9. The Morgan fingerprint density at radius 3 is 2.07 bits per heavy atom. The molecule has 1 atom stereocenters. The molecule has 236 valence electrons. The molecule has 4 rings (SSSR count). The van der Waals surface area contributed by atoms with E-state index in [-0.39, 0.29) is 75.2 Å². The van der Waals surface area contributed by atoms with Crippen molar-refractivity contribution < 1.29 is 62.3 Å². The Morgan fingerprint density at radius 2 is 1.48 bits per heavy atom. The lowest BCUT2D eigenvalue weighted by Crippen LogP contribution is -2.16. The summed E-state index contributed by atoms with van der Waals surface area (Å²) in [5.41, 5.74) is 2.73. The molecule has 1 aliphatic rings. The van der Waals surface area contributed by atoms with Crippen molar-refractivity contribution in [3.63, 3.8) is 0 Å². The molecule has 0 saturated carbocycles. The van der Waals surface area contributed by atoms with Gasteiger partial charge in [-0.3, -0.25) is 14.7 Å². The molecule has 0 spiro atoms. The third kappa shape index (κ3) is 10.6. The lowest BCUT2D eigenvalue weighted by Gasteiger charge is -2.21. The van der Waals surface area contributed by atoms with Gasteiger partial charge in [0, 0.05) is 18.2 Å². The van der Waals surface area contributed by atoms with Gasteiger partial charge in [-0.15, -0.1) is 9.66 Å². The summed E-state index contributed by atoms with van der Waals surface area (Å²) in [6, 6.07) is 16.2.